The van der Waals surface area contributed by atoms with E-state index in [1.165, 1.54) is 0 Å². The molecule has 3 rings (SSSR count). The molecule has 1 amide bonds. The predicted molar refractivity (Wildman–Crippen MR) is 81.3 cm³/mol. The summed E-state index contributed by atoms with van der Waals surface area (Å²) in [4.78, 5) is 12.2. The van der Waals surface area contributed by atoms with Crippen molar-refractivity contribution in [1.82, 2.24) is 5.32 Å². The maximum absolute atomic E-state index is 12.2. The van der Waals surface area contributed by atoms with E-state index in [-0.39, 0.29) is 17.9 Å². The summed E-state index contributed by atoms with van der Waals surface area (Å²) in [6.45, 7) is 1.96. The van der Waals surface area contributed by atoms with Crippen molar-refractivity contribution in [3.63, 3.8) is 0 Å². The van der Waals surface area contributed by atoms with Crippen molar-refractivity contribution in [2.45, 2.75) is 38.6 Å². The lowest BCUT2D eigenvalue weighted by atomic mass is 10.1. The lowest BCUT2D eigenvalue weighted by Gasteiger charge is -2.15. The number of carbonyl (C=O) groups is 1. The zero-order valence-electron chi connectivity index (χ0n) is 12.5. The third-order valence-electron chi connectivity index (χ3n) is 4.26. The number of hydrogen-bond donors (Lipinski definition) is 1. The number of furan rings is 1. The van der Waals surface area contributed by atoms with Crippen molar-refractivity contribution in [1.29, 1.82) is 0 Å². The van der Waals surface area contributed by atoms with Crippen LogP contribution in [0, 0.1) is 5.92 Å². The van der Waals surface area contributed by atoms with Crippen LogP contribution in [0.2, 0.25) is 0 Å². The summed E-state index contributed by atoms with van der Waals surface area (Å²) in [5, 5.41) is 4.06. The molecule has 1 aromatic heterocycles. The van der Waals surface area contributed by atoms with Crippen molar-refractivity contribution in [3.05, 3.63) is 30.0 Å². The Morgan fingerprint density at radius 3 is 2.86 bits per heavy atom. The number of rotatable bonds is 4. The van der Waals surface area contributed by atoms with Crippen molar-refractivity contribution < 1.29 is 13.9 Å². The third-order valence-corrected chi connectivity index (χ3v) is 4.26. The first-order valence-electron chi connectivity index (χ1n) is 7.56. The average molecular weight is 287 g/mol. The summed E-state index contributed by atoms with van der Waals surface area (Å²) in [5.41, 5.74) is 0.733. The van der Waals surface area contributed by atoms with Gasteiger partial charge in [-0.25, -0.2) is 0 Å². The average Bonchev–Trinajstić information content (AvgIpc) is 3.15. The molecule has 1 saturated carbocycles. The molecular weight excluding hydrogens is 266 g/mol. The first kappa shape index (κ1) is 14.0. The third kappa shape index (κ3) is 2.75. The summed E-state index contributed by atoms with van der Waals surface area (Å²) < 4.78 is 11.2. The fraction of sp³-hybridized carbons (Fsp3) is 0.471. The number of benzene rings is 1. The van der Waals surface area contributed by atoms with E-state index >= 15 is 0 Å². The number of methoxy groups -OCH3 is 1. The topological polar surface area (TPSA) is 51.5 Å². The second-order valence-electron chi connectivity index (χ2n) is 5.74. The van der Waals surface area contributed by atoms with Gasteiger partial charge in [-0.3, -0.25) is 4.79 Å². The van der Waals surface area contributed by atoms with Gasteiger partial charge >= 0.3 is 0 Å². The SMILES string of the molecule is COc1cccc2cc([C@H](C)NC(=O)C3CCCC3)oc12. The number of nitrogens with one attached hydrogen (secondary N) is 1. The van der Waals surface area contributed by atoms with E-state index in [0.29, 0.717) is 5.75 Å². The molecule has 1 fully saturated rings. The molecule has 0 radical (unpaired) electrons. The van der Waals surface area contributed by atoms with Crippen LogP contribution >= 0.6 is 0 Å². The van der Waals surface area contributed by atoms with Gasteiger partial charge in [-0.05, 0) is 31.9 Å². The van der Waals surface area contributed by atoms with Crippen LogP contribution in [-0.4, -0.2) is 13.0 Å². The molecule has 4 heteroatoms. The molecule has 1 heterocycles. The predicted octanol–water partition coefficient (Wildman–Crippen LogP) is 3.81. The molecule has 1 atom stereocenters. The lowest BCUT2D eigenvalue weighted by molar-refractivity contribution is -0.125. The fourth-order valence-corrected chi connectivity index (χ4v) is 3.02. The van der Waals surface area contributed by atoms with E-state index in [1.807, 2.05) is 31.2 Å². The lowest BCUT2D eigenvalue weighted by Crippen LogP contribution is -2.31. The van der Waals surface area contributed by atoms with E-state index in [1.54, 1.807) is 7.11 Å². The molecule has 4 nitrogen and oxygen atoms in total. The summed E-state index contributed by atoms with van der Waals surface area (Å²) >= 11 is 0. The molecule has 0 spiro atoms. The Balaban J connectivity index is 1.78. The molecule has 112 valence electrons. The van der Waals surface area contributed by atoms with E-state index < -0.39 is 0 Å². The molecular formula is C17H21NO3. The van der Waals surface area contributed by atoms with Crippen LogP contribution < -0.4 is 10.1 Å². The van der Waals surface area contributed by atoms with Crippen molar-refractivity contribution in [3.8, 4) is 5.75 Å². The van der Waals surface area contributed by atoms with Crippen LogP contribution in [0.3, 0.4) is 0 Å². The van der Waals surface area contributed by atoms with Gasteiger partial charge in [-0.2, -0.15) is 0 Å². The van der Waals surface area contributed by atoms with Crippen LogP contribution in [0.4, 0.5) is 0 Å². The Kier molecular flexibility index (Phi) is 3.86. The fourth-order valence-electron chi connectivity index (χ4n) is 3.02. The van der Waals surface area contributed by atoms with Gasteiger partial charge < -0.3 is 14.5 Å². The molecule has 1 aromatic carbocycles. The maximum Gasteiger partial charge on any atom is 0.223 e. The van der Waals surface area contributed by atoms with Gasteiger partial charge in [0.2, 0.25) is 5.91 Å². The van der Waals surface area contributed by atoms with Gasteiger partial charge in [-0.1, -0.05) is 25.0 Å². The van der Waals surface area contributed by atoms with E-state index in [4.69, 9.17) is 9.15 Å². The van der Waals surface area contributed by atoms with Crippen LogP contribution in [0.1, 0.15) is 44.4 Å². The number of ether oxygens (including phenoxy) is 1. The van der Waals surface area contributed by atoms with Gasteiger partial charge in [0.25, 0.3) is 0 Å². The largest absolute Gasteiger partial charge is 0.493 e. The molecule has 21 heavy (non-hydrogen) atoms. The van der Waals surface area contributed by atoms with E-state index in [0.717, 1.165) is 42.4 Å². The zero-order chi connectivity index (χ0) is 14.8. The van der Waals surface area contributed by atoms with Crippen molar-refractivity contribution >= 4 is 16.9 Å². The summed E-state index contributed by atoms with van der Waals surface area (Å²) in [6.07, 6.45) is 4.33. The second kappa shape index (κ2) is 5.80. The highest BCUT2D eigenvalue weighted by Crippen LogP contribution is 2.31. The van der Waals surface area contributed by atoms with Gasteiger partial charge in [0.15, 0.2) is 11.3 Å². The Bertz CT molecular complexity index is 641. The highest BCUT2D eigenvalue weighted by atomic mass is 16.5. The first-order chi connectivity index (χ1) is 10.2. The quantitative estimate of drug-likeness (QED) is 0.930. The highest BCUT2D eigenvalue weighted by molar-refractivity contribution is 5.84. The van der Waals surface area contributed by atoms with Crippen LogP contribution in [0.5, 0.6) is 5.75 Å². The number of fused-ring (bicyclic) bond motifs is 1. The Labute approximate surface area is 124 Å². The molecule has 1 N–H and O–H groups in total. The Morgan fingerprint density at radius 1 is 1.38 bits per heavy atom. The molecule has 0 aliphatic heterocycles. The maximum atomic E-state index is 12.2. The minimum atomic E-state index is -0.129. The van der Waals surface area contributed by atoms with Crippen molar-refractivity contribution in [2.75, 3.05) is 7.11 Å². The molecule has 1 aliphatic rings. The minimum Gasteiger partial charge on any atom is -0.493 e. The standard InChI is InChI=1S/C17H21NO3/c1-11(18-17(19)12-6-3-4-7-12)15-10-13-8-5-9-14(20-2)16(13)21-15/h5,8-12H,3-4,6-7H2,1-2H3,(H,18,19)/t11-/m0/s1. The van der Waals surface area contributed by atoms with Crippen molar-refractivity contribution in [2.24, 2.45) is 5.92 Å². The van der Waals surface area contributed by atoms with E-state index in [2.05, 4.69) is 5.32 Å². The van der Waals surface area contributed by atoms with Gasteiger partial charge in [0.1, 0.15) is 5.76 Å². The molecule has 2 aromatic rings. The van der Waals surface area contributed by atoms with Gasteiger partial charge in [-0.15, -0.1) is 0 Å². The van der Waals surface area contributed by atoms with Crippen LogP contribution in [-0.2, 0) is 4.79 Å². The molecule has 0 bridgehead atoms. The number of para-hydroxylation sites is 1. The summed E-state index contributed by atoms with van der Waals surface area (Å²) in [5.74, 6) is 1.80. The molecule has 1 aliphatic carbocycles. The number of amides is 1. The number of carbonyl (C=O) groups excluding carboxylic acids is 1. The minimum absolute atomic E-state index is 0.129. The molecule has 0 unspecified atom stereocenters. The summed E-state index contributed by atoms with van der Waals surface area (Å²) in [6, 6.07) is 7.63. The van der Waals surface area contributed by atoms with Crippen LogP contribution in [0.15, 0.2) is 28.7 Å². The second-order valence-corrected chi connectivity index (χ2v) is 5.74. The van der Waals surface area contributed by atoms with Gasteiger partial charge in [0, 0.05) is 11.3 Å². The van der Waals surface area contributed by atoms with Gasteiger partial charge in [0.05, 0.1) is 13.2 Å². The normalized spacial score (nSPS) is 17.0. The zero-order valence-corrected chi connectivity index (χ0v) is 12.5. The number of hydrogen-bond acceptors (Lipinski definition) is 3. The molecule has 0 saturated heterocycles. The summed E-state index contributed by atoms with van der Waals surface area (Å²) in [7, 11) is 1.63. The Hall–Kier alpha value is -1.97. The first-order valence-corrected chi connectivity index (χ1v) is 7.56. The monoisotopic (exact) mass is 287 g/mol. The highest BCUT2D eigenvalue weighted by Gasteiger charge is 2.25. The van der Waals surface area contributed by atoms with Crippen LogP contribution in [0.25, 0.3) is 11.0 Å². The Morgan fingerprint density at radius 2 is 2.14 bits per heavy atom. The smallest absolute Gasteiger partial charge is 0.223 e. The van der Waals surface area contributed by atoms with E-state index in [9.17, 15) is 4.79 Å².